The van der Waals surface area contributed by atoms with E-state index in [4.69, 9.17) is 5.10 Å². The molecule has 30 heavy (non-hydrogen) atoms. The summed E-state index contributed by atoms with van der Waals surface area (Å²) in [6, 6.07) is 21.0. The summed E-state index contributed by atoms with van der Waals surface area (Å²) >= 11 is 0. The van der Waals surface area contributed by atoms with Gasteiger partial charge in [-0.15, -0.1) is 0 Å². The lowest BCUT2D eigenvalue weighted by atomic mass is 10.2. The first-order chi connectivity index (χ1) is 14.5. The second-order valence-corrected chi connectivity index (χ2v) is 7.35. The molecule has 0 amide bonds. The lowest BCUT2D eigenvalue weighted by Crippen LogP contribution is -2.26. The first kappa shape index (κ1) is 21.4. The average Bonchev–Trinajstić information content (AvgIpc) is 2.76. The Balaban J connectivity index is 1.65. The SMILES string of the molecule is CCN(CC)c1ccc(Nc2ccc(N(C)N=C(C)c3cc[n+](C)cc3)cc2)cc1. The number of rotatable bonds is 8. The highest BCUT2D eigenvalue weighted by Crippen LogP contribution is 2.23. The lowest BCUT2D eigenvalue weighted by molar-refractivity contribution is -0.671. The molecule has 3 rings (SSSR count). The fourth-order valence-electron chi connectivity index (χ4n) is 3.35. The summed E-state index contributed by atoms with van der Waals surface area (Å²) in [7, 11) is 3.98. The minimum atomic E-state index is 0.980. The van der Waals surface area contributed by atoms with Crippen LogP contribution in [-0.2, 0) is 7.05 Å². The van der Waals surface area contributed by atoms with Gasteiger partial charge in [-0.3, -0.25) is 5.01 Å². The molecule has 0 aliphatic heterocycles. The maximum atomic E-state index is 4.72. The third-order valence-electron chi connectivity index (χ3n) is 5.22. The van der Waals surface area contributed by atoms with Gasteiger partial charge in [0.25, 0.3) is 0 Å². The zero-order chi connectivity index (χ0) is 21.5. The summed E-state index contributed by atoms with van der Waals surface area (Å²) in [5.74, 6) is 0. The Kier molecular flexibility index (Phi) is 7.07. The van der Waals surface area contributed by atoms with E-state index in [0.717, 1.165) is 41.4 Å². The Morgan fingerprint density at radius 1 is 0.833 bits per heavy atom. The van der Waals surface area contributed by atoms with E-state index in [1.54, 1.807) is 0 Å². The van der Waals surface area contributed by atoms with Gasteiger partial charge < -0.3 is 10.2 Å². The number of aromatic nitrogens is 1. The summed E-state index contributed by atoms with van der Waals surface area (Å²) in [6.07, 6.45) is 4.06. The second-order valence-electron chi connectivity index (χ2n) is 7.35. The number of hydrogen-bond acceptors (Lipinski definition) is 4. The van der Waals surface area contributed by atoms with Crippen LogP contribution in [0.3, 0.4) is 0 Å². The molecule has 0 fully saturated rings. The zero-order valence-electron chi connectivity index (χ0n) is 18.6. The van der Waals surface area contributed by atoms with Crippen molar-refractivity contribution in [3.63, 3.8) is 0 Å². The van der Waals surface area contributed by atoms with Crippen molar-refractivity contribution in [1.82, 2.24) is 0 Å². The van der Waals surface area contributed by atoms with Gasteiger partial charge in [0, 0.05) is 54.9 Å². The van der Waals surface area contributed by atoms with Gasteiger partial charge in [-0.1, -0.05) is 0 Å². The summed E-state index contributed by atoms with van der Waals surface area (Å²) in [5.41, 5.74) is 6.53. The molecule has 5 nitrogen and oxygen atoms in total. The van der Waals surface area contributed by atoms with Crippen LogP contribution >= 0.6 is 0 Å². The highest BCUT2D eigenvalue weighted by Gasteiger charge is 2.05. The van der Waals surface area contributed by atoms with Crippen LogP contribution in [0.1, 0.15) is 26.3 Å². The zero-order valence-corrected chi connectivity index (χ0v) is 18.6. The largest absolute Gasteiger partial charge is 0.372 e. The smallest absolute Gasteiger partial charge is 0.169 e. The summed E-state index contributed by atoms with van der Waals surface area (Å²) < 4.78 is 2.02. The molecule has 0 aliphatic rings. The molecule has 1 N–H and O–H groups in total. The summed E-state index contributed by atoms with van der Waals surface area (Å²) in [5, 5.41) is 10.1. The van der Waals surface area contributed by atoms with E-state index in [0.29, 0.717) is 0 Å². The normalized spacial score (nSPS) is 11.3. The molecule has 1 heterocycles. The minimum Gasteiger partial charge on any atom is -0.372 e. The molecule has 0 bridgehead atoms. The predicted octanol–water partition coefficient (Wildman–Crippen LogP) is 4.96. The number of aryl methyl sites for hydroxylation is 1. The van der Waals surface area contributed by atoms with Gasteiger partial charge >= 0.3 is 0 Å². The van der Waals surface area contributed by atoms with Crippen molar-refractivity contribution in [1.29, 1.82) is 0 Å². The molecule has 1 aromatic heterocycles. The van der Waals surface area contributed by atoms with E-state index < -0.39 is 0 Å². The van der Waals surface area contributed by atoms with Crippen LogP contribution in [0.4, 0.5) is 22.7 Å². The first-order valence-corrected chi connectivity index (χ1v) is 10.5. The molecule has 5 heteroatoms. The van der Waals surface area contributed by atoms with Crippen LogP contribution in [-0.4, -0.2) is 25.8 Å². The molecule has 156 valence electrons. The Morgan fingerprint density at radius 2 is 1.33 bits per heavy atom. The van der Waals surface area contributed by atoms with Crippen LogP contribution < -0.4 is 19.8 Å². The second kappa shape index (κ2) is 9.92. The molecule has 0 atom stereocenters. The standard InChI is InChI=1S/C25H32N5/c1-6-30(7-2)25-14-10-23(11-15-25)26-22-8-12-24(13-9-22)29(5)27-20(3)21-16-18-28(4)19-17-21/h8-19,26H,6-7H2,1-5H3/q+1. The molecule has 0 spiro atoms. The highest BCUT2D eigenvalue weighted by molar-refractivity contribution is 5.98. The molecule has 0 unspecified atom stereocenters. The molecule has 0 aliphatic carbocycles. The molecular weight excluding hydrogens is 370 g/mol. The van der Waals surface area contributed by atoms with Crippen LogP contribution in [0.2, 0.25) is 0 Å². The Hall–Kier alpha value is -3.34. The van der Waals surface area contributed by atoms with E-state index in [1.807, 2.05) is 43.0 Å². The number of nitrogens with one attached hydrogen (secondary N) is 1. The Bertz CT molecular complexity index is 956. The van der Waals surface area contributed by atoms with Crippen molar-refractivity contribution in [2.24, 2.45) is 12.1 Å². The van der Waals surface area contributed by atoms with Gasteiger partial charge in [0.1, 0.15) is 7.05 Å². The van der Waals surface area contributed by atoms with Crippen molar-refractivity contribution in [2.75, 3.05) is 35.4 Å². The lowest BCUT2D eigenvalue weighted by Gasteiger charge is -2.21. The van der Waals surface area contributed by atoms with Gasteiger partial charge in [0.15, 0.2) is 12.4 Å². The van der Waals surface area contributed by atoms with Crippen LogP contribution in [0.5, 0.6) is 0 Å². The number of hydrazone groups is 1. The molecule has 0 saturated heterocycles. The number of pyridine rings is 1. The molecule has 2 aromatic carbocycles. The Morgan fingerprint density at radius 3 is 1.83 bits per heavy atom. The molecular formula is C25H32N5+. The maximum Gasteiger partial charge on any atom is 0.169 e. The van der Waals surface area contributed by atoms with Crippen LogP contribution in [0, 0.1) is 0 Å². The van der Waals surface area contributed by atoms with Crippen LogP contribution in [0.15, 0.2) is 78.2 Å². The fourth-order valence-corrected chi connectivity index (χ4v) is 3.35. The van der Waals surface area contributed by atoms with Gasteiger partial charge in [0.05, 0.1) is 11.4 Å². The number of anilines is 4. The third kappa shape index (κ3) is 5.38. The predicted molar refractivity (Wildman–Crippen MR) is 128 cm³/mol. The van der Waals surface area contributed by atoms with Crippen molar-refractivity contribution in [3.8, 4) is 0 Å². The summed E-state index contributed by atoms with van der Waals surface area (Å²) in [4.78, 5) is 2.34. The highest BCUT2D eigenvalue weighted by atomic mass is 15.4. The summed E-state index contributed by atoms with van der Waals surface area (Å²) in [6.45, 7) is 8.43. The van der Waals surface area contributed by atoms with Crippen molar-refractivity contribution in [2.45, 2.75) is 20.8 Å². The van der Waals surface area contributed by atoms with E-state index in [9.17, 15) is 0 Å². The average molecular weight is 403 g/mol. The van der Waals surface area contributed by atoms with Gasteiger partial charge in [0.2, 0.25) is 0 Å². The molecule has 0 radical (unpaired) electrons. The minimum absolute atomic E-state index is 0.980. The van der Waals surface area contributed by atoms with E-state index in [-0.39, 0.29) is 0 Å². The van der Waals surface area contributed by atoms with Crippen molar-refractivity contribution in [3.05, 3.63) is 78.6 Å². The van der Waals surface area contributed by atoms with Gasteiger partial charge in [-0.2, -0.15) is 5.10 Å². The molecule has 0 saturated carbocycles. The number of benzene rings is 2. The quantitative estimate of drug-likeness (QED) is 0.328. The van der Waals surface area contributed by atoms with E-state index in [1.165, 1.54) is 5.69 Å². The first-order valence-electron chi connectivity index (χ1n) is 10.5. The fraction of sp³-hybridized carbons (Fsp3) is 0.280. The van der Waals surface area contributed by atoms with Gasteiger partial charge in [-0.05, 0) is 69.3 Å². The van der Waals surface area contributed by atoms with Crippen molar-refractivity contribution < 1.29 is 4.57 Å². The van der Waals surface area contributed by atoms with Crippen molar-refractivity contribution >= 4 is 28.5 Å². The Labute approximate surface area is 180 Å². The van der Waals surface area contributed by atoms with E-state index >= 15 is 0 Å². The maximum absolute atomic E-state index is 4.72. The molecule has 3 aromatic rings. The monoisotopic (exact) mass is 402 g/mol. The van der Waals surface area contributed by atoms with Crippen LogP contribution in [0.25, 0.3) is 0 Å². The van der Waals surface area contributed by atoms with E-state index in [2.05, 4.69) is 84.7 Å². The third-order valence-corrected chi connectivity index (χ3v) is 5.22. The number of hydrogen-bond donors (Lipinski definition) is 1. The number of nitrogens with zero attached hydrogens (tertiary/aromatic N) is 4. The topological polar surface area (TPSA) is 34.8 Å². The van der Waals surface area contributed by atoms with Gasteiger partial charge in [-0.25, -0.2) is 4.57 Å².